The molecule has 5 heteroatoms. The van der Waals surface area contributed by atoms with Gasteiger partial charge in [-0.25, -0.2) is 13.9 Å². The zero-order valence-electron chi connectivity index (χ0n) is 13.0. The lowest BCUT2D eigenvalue weighted by molar-refractivity contribution is 0.641. The first kappa shape index (κ1) is 16.8. The highest BCUT2D eigenvalue weighted by Crippen LogP contribution is 2.00. The maximum atomic E-state index is 13.2. The van der Waals surface area contributed by atoms with Crippen LogP contribution < -0.4 is 5.56 Å². The van der Waals surface area contributed by atoms with Crippen LogP contribution in [0.4, 0.5) is 4.39 Å². The Morgan fingerprint density at radius 2 is 2.00 bits per heavy atom. The van der Waals surface area contributed by atoms with E-state index in [1.807, 2.05) is 19.1 Å². The number of hydrogen-bond acceptors (Lipinski definition) is 3. The molecule has 1 aromatic heterocycles. The highest BCUT2D eigenvalue weighted by Gasteiger charge is 2.07. The van der Waals surface area contributed by atoms with Crippen molar-refractivity contribution in [2.75, 3.05) is 7.05 Å². The summed E-state index contributed by atoms with van der Waals surface area (Å²) in [5.74, 6) is 0.213. The monoisotopic (exact) mass is 289 g/mol. The molecule has 1 aromatic rings. The van der Waals surface area contributed by atoms with Gasteiger partial charge in [0.1, 0.15) is 17.5 Å². The van der Waals surface area contributed by atoms with Crippen molar-refractivity contribution in [2.24, 2.45) is 4.99 Å². The molecule has 21 heavy (non-hydrogen) atoms. The second kappa shape index (κ2) is 7.47. The van der Waals surface area contributed by atoms with Crippen LogP contribution in [0, 0.1) is 20.8 Å². The van der Waals surface area contributed by atoms with Gasteiger partial charge in [-0.3, -0.25) is 9.79 Å². The van der Waals surface area contributed by atoms with Crippen molar-refractivity contribution < 1.29 is 4.39 Å². The van der Waals surface area contributed by atoms with E-state index in [-0.39, 0.29) is 11.4 Å². The van der Waals surface area contributed by atoms with Gasteiger partial charge in [-0.1, -0.05) is 12.1 Å². The summed E-state index contributed by atoms with van der Waals surface area (Å²) in [6, 6.07) is 5.42. The van der Waals surface area contributed by atoms with Gasteiger partial charge in [0.15, 0.2) is 0 Å². The SMILES string of the molecule is C/N=C(\C=C(/C)F)n1c(C)nccccc(C)c(C)c1=O. The van der Waals surface area contributed by atoms with Crippen LogP contribution in [-0.2, 0) is 0 Å². The van der Waals surface area contributed by atoms with E-state index in [4.69, 9.17) is 0 Å². The largest absolute Gasteiger partial charge is 0.271 e. The summed E-state index contributed by atoms with van der Waals surface area (Å²) in [7, 11) is 1.51. The van der Waals surface area contributed by atoms with Crippen molar-refractivity contribution in [3.63, 3.8) is 0 Å². The molecule has 0 saturated heterocycles. The lowest BCUT2D eigenvalue weighted by Gasteiger charge is -2.08. The molecule has 0 unspecified atom stereocenters. The number of rotatable bonds is 1. The van der Waals surface area contributed by atoms with Crippen LogP contribution in [0.3, 0.4) is 0 Å². The Kier molecular flexibility index (Phi) is 5.96. The second-order valence-corrected chi connectivity index (χ2v) is 4.64. The van der Waals surface area contributed by atoms with E-state index < -0.39 is 5.83 Å². The molecular formula is C16H20FN3O. The highest BCUT2D eigenvalue weighted by molar-refractivity contribution is 5.95. The molecule has 0 bridgehead atoms. The molecule has 0 radical (unpaired) electrons. The van der Waals surface area contributed by atoms with Crippen molar-refractivity contribution in [1.82, 2.24) is 9.55 Å². The summed E-state index contributed by atoms with van der Waals surface area (Å²) < 4.78 is 14.5. The van der Waals surface area contributed by atoms with Gasteiger partial charge >= 0.3 is 0 Å². The zero-order valence-corrected chi connectivity index (χ0v) is 13.0. The average Bonchev–Trinajstić information content (AvgIpc) is 2.43. The maximum absolute atomic E-state index is 13.2. The molecule has 0 spiro atoms. The number of hydrogen-bond donors (Lipinski definition) is 0. The first-order valence-electron chi connectivity index (χ1n) is 6.58. The molecule has 4 nitrogen and oxygen atoms in total. The van der Waals surface area contributed by atoms with Crippen LogP contribution in [0.25, 0.3) is 0 Å². The van der Waals surface area contributed by atoms with Crippen molar-refractivity contribution in [3.8, 4) is 0 Å². The van der Waals surface area contributed by atoms with Crippen LogP contribution in [0.15, 0.2) is 46.1 Å². The van der Waals surface area contributed by atoms with Gasteiger partial charge in [0.25, 0.3) is 5.56 Å². The minimum Gasteiger partial charge on any atom is -0.271 e. The first-order valence-corrected chi connectivity index (χ1v) is 6.58. The molecule has 0 aliphatic heterocycles. The van der Waals surface area contributed by atoms with E-state index in [2.05, 4.69) is 9.98 Å². The number of aliphatic imine (C=N–C) groups is 1. The van der Waals surface area contributed by atoms with Gasteiger partial charge in [-0.05, 0) is 39.3 Å². The Morgan fingerprint density at radius 1 is 1.33 bits per heavy atom. The summed E-state index contributed by atoms with van der Waals surface area (Å²) in [6.07, 6.45) is 2.80. The fourth-order valence-electron chi connectivity index (χ4n) is 1.74. The molecule has 0 N–H and O–H groups in total. The molecule has 112 valence electrons. The van der Waals surface area contributed by atoms with Gasteiger partial charge in [-0.2, -0.15) is 0 Å². The summed E-state index contributed by atoms with van der Waals surface area (Å²) >= 11 is 0. The molecular weight excluding hydrogens is 269 g/mol. The minimum atomic E-state index is -0.429. The Morgan fingerprint density at radius 3 is 2.57 bits per heavy atom. The molecule has 0 atom stereocenters. The predicted molar refractivity (Wildman–Crippen MR) is 84.0 cm³/mol. The van der Waals surface area contributed by atoms with Crippen LogP contribution in [0.1, 0.15) is 23.9 Å². The third kappa shape index (κ3) is 4.34. The summed E-state index contributed by atoms with van der Waals surface area (Å²) in [5.41, 5.74) is 1.12. The Bertz CT molecular complexity index is 697. The second-order valence-electron chi connectivity index (χ2n) is 4.64. The Balaban J connectivity index is 3.92. The molecule has 1 rings (SSSR count). The summed E-state index contributed by atoms with van der Waals surface area (Å²) in [4.78, 5) is 20.8. The molecule has 0 fully saturated rings. The van der Waals surface area contributed by atoms with E-state index in [0.29, 0.717) is 11.4 Å². The van der Waals surface area contributed by atoms with Crippen LogP contribution >= 0.6 is 0 Å². The molecule has 0 aliphatic rings. The molecule has 1 heterocycles. The molecule has 0 aliphatic carbocycles. The molecule has 0 aromatic carbocycles. The topological polar surface area (TPSA) is 47.2 Å². The average molecular weight is 289 g/mol. The van der Waals surface area contributed by atoms with Gasteiger partial charge in [0.2, 0.25) is 0 Å². The van der Waals surface area contributed by atoms with Crippen LogP contribution in [0.2, 0.25) is 0 Å². The van der Waals surface area contributed by atoms with Gasteiger partial charge < -0.3 is 0 Å². The number of allylic oxidation sites excluding steroid dienone is 2. The zero-order chi connectivity index (χ0) is 16.0. The predicted octanol–water partition coefficient (Wildman–Crippen LogP) is 3.04. The van der Waals surface area contributed by atoms with Gasteiger partial charge in [0, 0.05) is 24.9 Å². The highest BCUT2D eigenvalue weighted by atomic mass is 19.1. The van der Waals surface area contributed by atoms with Crippen molar-refractivity contribution in [1.29, 1.82) is 0 Å². The molecule has 0 saturated carbocycles. The maximum Gasteiger partial charge on any atom is 0.260 e. The van der Waals surface area contributed by atoms with E-state index in [0.717, 1.165) is 5.56 Å². The fraction of sp³-hybridized carbons (Fsp3) is 0.312. The van der Waals surface area contributed by atoms with Gasteiger partial charge in [-0.15, -0.1) is 0 Å². The van der Waals surface area contributed by atoms with Crippen LogP contribution in [0.5, 0.6) is 0 Å². The summed E-state index contributed by atoms with van der Waals surface area (Å²) in [6.45, 7) is 6.57. The van der Waals surface area contributed by atoms with E-state index >= 15 is 0 Å². The van der Waals surface area contributed by atoms with Gasteiger partial charge in [0.05, 0.1) is 0 Å². The smallest absolute Gasteiger partial charge is 0.260 e. The van der Waals surface area contributed by atoms with Crippen molar-refractivity contribution in [2.45, 2.75) is 27.7 Å². The lowest BCUT2D eigenvalue weighted by Crippen LogP contribution is -2.29. The quantitative estimate of drug-likeness (QED) is 0.589. The minimum absolute atomic E-state index is 0.214. The van der Waals surface area contributed by atoms with E-state index in [1.54, 1.807) is 26.1 Å². The fourth-order valence-corrected chi connectivity index (χ4v) is 1.74. The Labute approximate surface area is 124 Å². The normalized spacial score (nSPS) is 12.1. The first-order chi connectivity index (χ1) is 9.88. The van der Waals surface area contributed by atoms with E-state index in [1.165, 1.54) is 24.6 Å². The Hall–Kier alpha value is -2.30. The third-order valence-corrected chi connectivity index (χ3v) is 3.03. The summed E-state index contributed by atoms with van der Waals surface area (Å²) in [5, 5.41) is 0. The molecule has 0 amide bonds. The van der Waals surface area contributed by atoms with Crippen molar-refractivity contribution >= 4 is 5.84 Å². The van der Waals surface area contributed by atoms with Crippen molar-refractivity contribution in [3.05, 3.63) is 63.6 Å². The number of aryl methyl sites for hydroxylation is 2. The number of halogens is 1. The number of nitrogens with zero attached hydrogens (tertiary/aromatic N) is 3. The standard InChI is InChI=1S/C16H20FN3O/c1-11-8-6-7-9-19-14(4)20(16(21)13(11)3)15(18-5)10-12(2)17/h6-10H,1-5H3/b8-6?,9-7?,12-10+,13-11?,18-15+,19-14?. The lowest BCUT2D eigenvalue weighted by atomic mass is 10.2. The van der Waals surface area contributed by atoms with E-state index in [9.17, 15) is 9.18 Å². The van der Waals surface area contributed by atoms with Crippen LogP contribution in [-0.4, -0.2) is 22.4 Å². The number of aromatic nitrogens is 2. The third-order valence-electron chi connectivity index (χ3n) is 3.03.